The van der Waals surface area contributed by atoms with E-state index in [1.165, 1.54) is 37.5 Å². The molecule has 0 saturated heterocycles. The van der Waals surface area contributed by atoms with Crippen LogP contribution in [0.15, 0.2) is 66.2 Å². The summed E-state index contributed by atoms with van der Waals surface area (Å²) in [4.78, 5) is 22.9. The maximum absolute atomic E-state index is 13.0. The van der Waals surface area contributed by atoms with E-state index in [2.05, 4.69) is 5.32 Å². The second-order valence-corrected chi connectivity index (χ2v) is 7.28. The number of non-ortho nitro benzene ring substituents is 1. The molecule has 0 heterocycles. The number of carbonyl (C=O) groups excluding carboxylic acids is 1. The number of hydrogen-bond donors (Lipinski definition) is 1. The molecule has 8 nitrogen and oxygen atoms in total. The fraction of sp³-hybridized carbons (Fsp3) is 0.0833. The molecule has 1 amide bonds. The minimum absolute atomic E-state index is 0.00383. The highest BCUT2D eigenvalue weighted by molar-refractivity contribution is 6.34. The third-order valence-electron chi connectivity index (χ3n) is 4.58. The highest BCUT2D eigenvalue weighted by Gasteiger charge is 2.15. The van der Waals surface area contributed by atoms with Crippen molar-refractivity contribution in [1.82, 2.24) is 0 Å². The highest BCUT2D eigenvalue weighted by Crippen LogP contribution is 2.30. The topological polar surface area (TPSA) is 114 Å². The molecule has 0 atom stereocenters. The lowest BCUT2D eigenvalue weighted by Crippen LogP contribution is -2.14. The predicted molar refractivity (Wildman–Crippen MR) is 124 cm³/mol. The SMILES string of the molecule is COc1cc(/C=C(\C#N)C(=O)Nc2cc([N+](=O)[O-])ccc2Cl)ccc1OCc1ccc(F)cc1. The number of anilines is 1. The Morgan fingerprint density at radius 3 is 2.56 bits per heavy atom. The molecule has 0 spiro atoms. The van der Waals surface area contributed by atoms with Crippen LogP contribution in [0.5, 0.6) is 11.5 Å². The number of nitro groups is 1. The molecular weight excluding hydrogens is 465 g/mol. The van der Waals surface area contributed by atoms with Crippen LogP contribution >= 0.6 is 11.6 Å². The summed E-state index contributed by atoms with van der Waals surface area (Å²) in [6, 6.07) is 16.1. The summed E-state index contributed by atoms with van der Waals surface area (Å²) in [5.74, 6) is -0.367. The van der Waals surface area contributed by atoms with E-state index in [1.807, 2.05) is 0 Å². The van der Waals surface area contributed by atoms with Gasteiger partial charge in [0.05, 0.1) is 22.7 Å². The van der Waals surface area contributed by atoms with Gasteiger partial charge < -0.3 is 14.8 Å². The first-order valence-corrected chi connectivity index (χ1v) is 10.1. The molecule has 1 N–H and O–H groups in total. The van der Waals surface area contributed by atoms with Crippen molar-refractivity contribution in [3.05, 3.63) is 98.3 Å². The number of nitrogens with zero attached hydrogens (tertiary/aromatic N) is 2. The summed E-state index contributed by atoms with van der Waals surface area (Å²) in [6.07, 6.45) is 1.33. The second kappa shape index (κ2) is 10.9. The number of ether oxygens (including phenoxy) is 2. The number of nitrogens with one attached hydrogen (secondary N) is 1. The van der Waals surface area contributed by atoms with Crippen molar-refractivity contribution in [3.8, 4) is 17.6 Å². The van der Waals surface area contributed by atoms with Gasteiger partial charge in [-0.2, -0.15) is 5.26 Å². The Morgan fingerprint density at radius 2 is 1.91 bits per heavy atom. The molecule has 10 heteroatoms. The monoisotopic (exact) mass is 481 g/mol. The molecule has 0 aliphatic heterocycles. The van der Waals surface area contributed by atoms with E-state index in [9.17, 15) is 24.6 Å². The highest BCUT2D eigenvalue weighted by atomic mass is 35.5. The normalized spacial score (nSPS) is 10.8. The van der Waals surface area contributed by atoms with Crippen molar-refractivity contribution in [2.45, 2.75) is 6.61 Å². The molecule has 0 aliphatic carbocycles. The van der Waals surface area contributed by atoms with Crippen LogP contribution in [0, 0.1) is 27.3 Å². The van der Waals surface area contributed by atoms with E-state index in [0.717, 1.165) is 11.6 Å². The van der Waals surface area contributed by atoms with E-state index < -0.39 is 10.8 Å². The number of amides is 1. The third kappa shape index (κ3) is 6.09. The summed E-state index contributed by atoms with van der Waals surface area (Å²) in [7, 11) is 1.44. The summed E-state index contributed by atoms with van der Waals surface area (Å²) in [5.41, 5.74) is 0.718. The second-order valence-electron chi connectivity index (χ2n) is 6.87. The average molecular weight is 482 g/mol. The van der Waals surface area contributed by atoms with Crippen molar-refractivity contribution < 1.29 is 23.6 Å². The molecule has 0 aliphatic rings. The van der Waals surface area contributed by atoms with Gasteiger partial charge in [0.15, 0.2) is 11.5 Å². The first-order chi connectivity index (χ1) is 16.3. The molecule has 3 aromatic rings. The third-order valence-corrected chi connectivity index (χ3v) is 4.91. The fourth-order valence-electron chi connectivity index (χ4n) is 2.86. The Balaban J connectivity index is 1.78. The largest absolute Gasteiger partial charge is 0.493 e. The van der Waals surface area contributed by atoms with Gasteiger partial charge in [-0.3, -0.25) is 14.9 Å². The lowest BCUT2D eigenvalue weighted by Gasteiger charge is -2.12. The van der Waals surface area contributed by atoms with Gasteiger partial charge in [-0.1, -0.05) is 29.8 Å². The van der Waals surface area contributed by atoms with Gasteiger partial charge in [-0.05, 0) is 47.5 Å². The number of nitriles is 1. The Labute approximate surface area is 198 Å². The van der Waals surface area contributed by atoms with Crippen LogP contribution in [0.1, 0.15) is 11.1 Å². The quantitative estimate of drug-likeness (QED) is 0.196. The van der Waals surface area contributed by atoms with Crippen LogP contribution in [-0.2, 0) is 11.4 Å². The first kappa shape index (κ1) is 24.2. The summed E-state index contributed by atoms with van der Waals surface area (Å²) < 4.78 is 24.1. The van der Waals surface area contributed by atoms with Crippen molar-refractivity contribution >= 4 is 35.0 Å². The lowest BCUT2D eigenvalue weighted by atomic mass is 10.1. The van der Waals surface area contributed by atoms with Gasteiger partial charge in [-0.25, -0.2) is 4.39 Å². The van der Waals surface area contributed by atoms with Crippen LogP contribution in [0.2, 0.25) is 5.02 Å². The number of benzene rings is 3. The summed E-state index contributed by atoms with van der Waals surface area (Å²) >= 11 is 6.00. The van der Waals surface area contributed by atoms with Gasteiger partial charge in [0.25, 0.3) is 11.6 Å². The molecule has 0 aromatic heterocycles. The molecular formula is C24H17ClFN3O5. The zero-order valence-electron chi connectivity index (χ0n) is 17.7. The van der Waals surface area contributed by atoms with E-state index in [1.54, 1.807) is 36.4 Å². The van der Waals surface area contributed by atoms with Crippen molar-refractivity contribution in [2.75, 3.05) is 12.4 Å². The van der Waals surface area contributed by atoms with Crippen LogP contribution in [0.3, 0.4) is 0 Å². The zero-order valence-corrected chi connectivity index (χ0v) is 18.5. The molecule has 0 radical (unpaired) electrons. The van der Waals surface area contributed by atoms with E-state index >= 15 is 0 Å². The van der Waals surface area contributed by atoms with Crippen LogP contribution < -0.4 is 14.8 Å². The van der Waals surface area contributed by atoms with E-state index in [-0.39, 0.29) is 34.4 Å². The molecule has 3 rings (SSSR count). The average Bonchev–Trinajstić information content (AvgIpc) is 2.83. The number of nitro benzene ring substituents is 1. The summed E-state index contributed by atoms with van der Waals surface area (Å²) in [5, 5.41) is 22.9. The molecule has 3 aromatic carbocycles. The van der Waals surface area contributed by atoms with E-state index in [4.69, 9.17) is 21.1 Å². The van der Waals surface area contributed by atoms with Gasteiger partial charge in [0, 0.05) is 12.1 Å². The van der Waals surface area contributed by atoms with Crippen LogP contribution in [0.25, 0.3) is 6.08 Å². The number of halogens is 2. The molecule has 172 valence electrons. The van der Waals surface area contributed by atoms with Crippen molar-refractivity contribution in [1.29, 1.82) is 5.26 Å². The fourth-order valence-corrected chi connectivity index (χ4v) is 3.03. The molecule has 34 heavy (non-hydrogen) atoms. The minimum atomic E-state index is -0.791. The van der Waals surface area contributed by atoms with Gasteiger partial charge in [0.2, 0.25) is 0 Å². The minimum Gasteiger partial charge on any atom is -0.493 e. The maximum atomic E-state index is 13.0. The number of hydrogen-bond acceptors (Lipinski definition) is 6. The smallest absolute Gasteiger partial charge is 0.271 e. The predicted octanol–water partition coefficient (Wildman–Crippen LogP) is 5.52. The van der Waals surface area contributed by atoms with E-state index in [0.29, 0.717) is 17.1 Å². The number of rotatable bonds is 8. The summed E-state index contributed by atoms with van der Waals surface area (Å²) in [6.45, 7) is 0.182. The molecule has 0 saturated carbocycles. The van der Waals surface area contributed by atoms with Gasteiger partial charge in [-0.15, -0.1) is 0 Å². The zero-order chi connectivity index (χ0) is 24.7. The molecule has 0 unspecified atom stereocenters. The molecule has 0 bridgehead atoms. The Hall–Kier alpha value is -4.42. The van der Waals surface area contributed by atoms with Crippen molar-refractivity contribution in [3.63, 3.8) is 0 Å². The Kier molecular flexibility index (Phi) is 7.79. The van der Waals surface area contributed by atoms with Gasteiger partial charge in [0.1, 0.15) is 24.1 Å². The number of carbonyl (C=O) groups is 1. The number of methoxy groups -OCH3 is 1. The van der Waals surface area contributed by atoms with Gasteiger partial charge >= 0.3 is 0 Å². The standard InChI is InChI=1S/C24H17ClFN3O5/c1-33-23-11-16(4-9-22(23)34-14-15-2-5-18(26)6-3-15)10-17(13-27)24(30)28-21-12-19(29(31)32)7-8-20(21)25/h2-12H,14H2,1H3,(H,28,30)/b17-10+. The Morgan fingerprint density at radius 1 is 1.18 bits per heavy atom. The van der Waals surface area contributed by atoms with Crippen LogP contribution in [-0.4, -0.2) is 17.9 Å². The Bertz CT molecular complexity index is 1300. The van der Waals surface area contributed by atoms with Crippen molar-refractivity contribution in [2.24, 2.45) is 0 Å². The first-order valence-electron chi connectivity index (χ1n) is 9.73. The van der Waals surface area contributed by atoms with Crippen LogP contribution in [0.4, 0.5) is 15.8 Å². The molecule has 0 fully saturated rings. The lowest BCUT2D eigenvalue weighted by molar-refractivity contribution is -0.384. The maximum Gasteiger partial charge on any atom is 0.271 e.